The van der Waals surface area contributed by atoms with E-state index in [1.807, 2.05) is 6.92 Å². The van der Waals surface area contributed by atoms with E-state index in [0.717, 1.165) is 11.6 Å². The van der Waals surface area contributed by atoms with Crippen LogP contribution in [0.5, 0.6) is 0 Å². The summed E-state index contributed by atoms with van der Waals surface area (Å²) in [5.74, 6) is -2.29. The second-order valence-corrected chi connectivity index (χ2v) is 10.3. The third-order valence-corrected chi connectivity index (χ3v) is 8.19. The predicted molar refractivity (Wildman–Crippen MR) is 120 cm³/mol. The maximum absolute atomic E-state index is 13.3. The van der Waals surface area contributed by atoms with E-state index in [9.17, 15) is 22.4 Å². The number of sulfonamides is 1. The molecule has 33 heavy (non-hydrogen) atoms. The van der Waals surface area contributed by atoms with Crippen molar-refractivity contribution in [3.05, 3.63) is 58.9 Å². The minimum absolute atomic E-state index is 0.149. The van der Waals surface area contributed by atoms with Crippen molar-refractivity contribution in [3.8, 4) is 0 Å². The smallest absolute Gasteiger partial charge is 0.313 e. The summed E-state index contributed by atoms with van der Waals surface area (Å²) in [5.41, 5.74) is 0.0959. The van der Waals surface area contributed by atoms with E-state index in [1.165, 1.54) is 21.3 Å². The largest absolute Gasteiger partial charge is 0.358 e. The van der Waals surface area contributed by atoms with Gasteiger partial charge in [-0.2, -0.15) is 4.31 Å². The fourth-order valence-corrected chi connectivity index (χ4v) is 6.03. The average Bonchev–Trinajstić information content (AvgIpc) is 3.20. The van der Waals surface area contributed by atoms with Gasteiger partial charge in [-0.05, 0) is 37.3 Å². The maximum atomic E-state index is 13.3. The summed E-state index contributed by atoms with van der Waals surface area (Å²) in [5, 5.41) is 2.24. The summed E-state index contributed by atoms with van der Waals surface area (Å²) in [6, 6.07) is 10.2. The Morgan fingerprint density at radius 1 is 1.09 bits per heavy atom. The lowest BCUT2D eigenvalue weighted by Crippen LogP contribution is -2.56. The monoisotopic (exact) mass is 495 g/mol. The zero-order chi connectivity index (χ0) is 23.8. The van der Waals surface area contributed by atoms with E-state index in [-0.39, 0.29) is 54.7 Å². The van der Waals surface area contributed by atoms with Gasteiger partial charge < -0.3 is 15.0 Å². The molecule has 2 heterocycles. The molecule has 0 aromatic heterocycles. The highest BCUT2D eigenvalue weighted by atomic mass is 35.5. The molecule has 2 saturated heterocycles. The van der Waals surface area contributed by atoms with Gasteiger partial charge in [0.05, 0.1) is 16.5 Å². The minimum atomic E-state index is -3.78. The first-order chi connectivity index (χ1) is 15.6. The highest BCUT2D eigenvalue weighted by molar-refractivity contribution is 7.89. The molecule has 0 atom stereocenters. The molecule has 2 fully saturated rings. The van der Waals surface area contributed by atoms with Crippen LogP contribution in [0, 0.1) is 12.7 Å². The Hall–Kier alpha value is -2.53. The topological polar surface area (TPSA) is 96.0 Å². The Morgan fingerprint density at radius 3 is 2.39 bits per heavy atom. The quantitative estimate of drug-likeness (QED) is 0.660. The van der Waals surface area contributed by atoms with Crippen molar-refractivity contribution >= 4 is 39.1 Å². The van der Waals surface area contributed by atoms with Crippen LogP contribution in [0.3, 0.4) is 0 Å². The van der Waals surface area contributed by atoms with Gasteiger partial charge in [0.2, 0.25) is 10.0 Å². The summed E-state index contributed by atoms with van der Waals surface area (Å²) in [6.07, 6.45) is 0.471. The molecular formula is C22H23ClFN3O5S. The number of carbonyl (C=O) groups excluding carboxylic acids is 2. The molecule has 0 bridgehead atoms. The number of hydrogen-bond donors (Lipinski definition) is 1. The molecule has 1 spiro atoms. The molecule has 1 N–H and O–H groups in total. The summed E-state index contributed by atoms with van der Waals surface area (Å²) < 4.78 is 47.1. The Morgan fingerprint density at radius 2 is 1.76 bits per heavy atom. The van der Waals surface area contributed by atoms with Crippen molar-refractivity contribution in [2.45, 2.75) is 30.4 Å². The first-order valence-electron chi connectivity index (χ1n) is 10.4. The van der Waals surface area contributed by atoms with E-state index < -0.39 is 33.4 Å². The third kappa shape index (κ3) is 4.61. The molecule has 2 aliphatic heterocycles. The molecule has 2 amide bonds. The van der Waals surface area contributed by atoms with Crippen LogP contribution in [0.2, 0.25) is 5.02 Å². The number of anilines is 1. The van der Waals surface area contributed by atoms with E-state index in [1.54, 1.807) is 24.3 Å². The lowest BCUT2D eigenvalue weighted by molar-refractivity contribution is -0.148. The van der Waals surface area contributed by atoms with E-state index >= 15 is 0 Å². The molecule has 176 valence electrons. The van der Waals surface area contributed by atoms with E-state index in [2.05, 4.69) is 5.32 Å². The number of halogens is 2. The van der Waals surface area contributed by atoms with Crippen molar-refractivity contribution < 1.29 is 27.1 Å². The predicted octanol–water partition coefficient (Wildman–Crippen LogP) is 2.77. The lowest BCUT2D eigenvalue weighted by atomic mass is 10.0. The molecule has 4 rings (SSSR count). The molecule has 2 aromatic rings. The zero-order valence-corrected chi connectivity index (χ0v) is 19.5. The van der Waals surface area contributed by atoms with Crippen LogP contribution in [-0.2, 0) is 24.3 Å². The van der Waals surface area contributed by atoms with E-state index in [0.29, 0.717) is 0 Å². The summed E-state index contributed by atoms with van der Waals surface area (Å²) in [6.45, 7) is 2.65. The van der Waals surface area contributed by atoms with Crippen LogP contribution >= 0.6 is 11.6 Å². The van der Waals surface area contributed by atoms with Gasteiger partial charge in [0, 0.05) is 38.2 Å². The molecule has 0 radical (unpaired) electrons. The molecule has 2 aromatic carbocycles. The van der Waals surface area contributed by atoms with Crippen LogP contribution in [0.25, 0.3) is 0 Å². The van der Waals surface area contributed by atoms with Crippen molar-refractivity contribution in [2.75, 3.05) is 31.6 Å². The summed E-state index contributed by atoms with van der Waals surface area (Å²) in [7, 11) is -3.78. The van der Waals surface area contributed by atoms with Gasteiger partial charge in [0.25, 0.3) is 0 Å². The van der Waals surface area contributed by atoms with Crippen molar-refractivity contribution in [3.63, 3.8) is 0 Å². The highest BCUT2D eigenvalue weighted by Gasteiger charge is 2.51. The van der Waals surface area contributed by atoms with Crippen LogP contribution in [0.1, 0.15) is 18.4 Å². The first-order valence-corrected chi connectivity index (χ1v) is 12.2. The number of aryl methyl sites for hydroxylation is 1. The zero-order valence-electron chi connectivity index (χ0n) is 17.9. The van der Waals surface area contributed by atoms with Gasteiger partial charge in [0.1, 0.15) is 11.5 Å². The van der Waals surface area contributed by atoms with Gasteiger partial charge in [-0.25, -0.2) is 12.8 Å². The Kier molecular flexibility index (Phi) is 6.45. The lowest BCUT2D eigenvalue weighted by Gasteiger charge is -2.42. The highest BCUT2D eigenvalue weighted by Crippen LogP contribution is 2.38. The molecule has 11 heteroatoms. The van der Waals surface area contributed by atoms with Gasteiger partial charge in [-0.15, -0.1) is 0 Å². The average molecular weight is 496 g/mol. The first kappa shape index (κ1) is 23.6. The second-order valence-electron chi connectivity index (χ2n) is 8.06. The van der Waals surface area contributed by atoms with Crippen molar-refractivity contribution in [1.82, 2.24) is 9.21 Å². The summed E-state index contributed by atoms with van der Waals surface area (Å²) >= 11 is 5.71. The maximum Gasteiger partial charge on any atom is 0.313 e. The molecule has 8 nitrogen and oxygen atoms in total. The number of piperidine rings is 1. The fraction of sp³-hybridized carbons (Fsp3) is 0.364. The third-order valence-electron chi connectivity index (χ3n) is 5.93. The molecular weight excluding hydrogens is 473 g/mol. The number of rotatable bonds is 3. The number of nitrogens with one attached hydrogen (secondary N) is 1. The number of benzene rings is 2. The SMILES string of the molecule is Cc1ccc(S(=O)(=O)N2CCOC23CCN(C(=O)C(=O)Nc2ccc(F)c(Cl)c2)CC3)cc1. The number of carbonyl (C=O) groups is 2. The Labute approximate surface area is 196 Å². The van der Waals surface area contributed by atoms with Gasteiger partial charge in [-0.1, -0.05) is 29.3 Å². The minimum Gasteiger partial charge on any atom is -0.358 e. The number of amides is 2. The molecule has 0 saturated carbocycles. The van der Waals surface area contributed by atoms with Crippen LogP contribution in [0.15, 0.2) is 47.4 Å². The van der Waals surface area contributed by atoms with E-state index in [4.69, 9.17) is 16.3 Å². The van der Waals surface area contributed by atoms with Crippen LogP contribution in [-0.4, -0.2) is 61.4 Å². The van der Waals surface area contributed by atoms with Crippen LogP contribution < -0.4 is 5.32 Å². The van der Waals surface area contributed by atoms with Gasteiger partial charge in [-0.3, -0.25) is 9.59 Å². The molecule has 0 aliphatic carbocycles. The number of nitrogens with zero attached hydrogens (tertiary/aromatic N) is 2. The van der Waals surface area contributed by atoms with Crippen molar-refractivity contribution in [1.29, 1.82) is 0 Å². The number of likely N-dealkylation sites (tertiary alicyclic amines) is 1. The van der Waals surface area contributed by atoms with Gasteiger partial charge in [0.15, 0.2) is 0 Å². The Balaban J connectivity index is 1.43. The second kappa shape index (κ2) is 9.02. The summed E-state index contributed by atoms with van der Waals surface area (Å²) in [4.78, 5) is 26.5. The standard InChI is InChI=1S/C22H23ClFN3O5S/c1-15-2-5-17(6-3-15)33(30,31)27-12-13-32-22(27)8-10-26(11-9-22)21(29)20(28)25-16-4-7-19(24)18(23)14-16/h2-7,14H,8-13H2,1H3,(H,25,28). The number of ether oxygens (including phenoxy) is 1. The van der Waals surface area contributed by atoms with Gasteiger partial charge >= 0.3 is 11.8 Å². The normalized spacial score (nSPS) is 18.5. The van der Waals surface area contributed by atoms with Crippen LogP contribution in [0.4, 0.5) is 10.1 Å². The molecule has 0 unspecified atom stereocenters. The fourth-order valence-electron chi connectivity index (χ4n) is 4.13. The Bertz CT molecular complexity index is 1180. The molecule has 2 aliphatic rings. The van der Waals surface area contributed by atoms with Crippen molar-refractivity contribution in [2.24, 2.45) is 0 Å². The number of hydrogen-bond acceptors (Lipinski definition) is 5.